The van der Waals surface area contributed by atoms with Crippen molar-refractivity contribution in [1.82, 2.24) is 10.3 Å². The van der Waals surface area contributed by atoms with Crippen molar-refractivity contribution in [3.63, 3.8) is 0 Å². The topological polar surface area (TPSA) is 60.5 Å². The maximum absolute atomic E-state index is 13.4. The number of aromatic nitrogens is 1. The number of pyridine rings is 1. The zero-order valence-corrected chi connectivity index (χ0v) is 15.6. The van der Waals surface area contributed by atoms with Gasteiger partial charge in [-0.05, 0) is 37.1 Å². The fourth-order valence-electron chi connectivity index (χ4n) is 3.05. The molecule has 0 saturated carbocycles. The number of ether oxygens (including phenoxy) is 2. The smallest absolute Gasteiger partial charge is 0.259 e. The number of amides is 1. The Morgan fingerprint density at radius 3 is 2.90 bits per heavy atom. The Balaban J connectivity index is 1.37. The van der Waals surface area contributed by atoms with Crippen LogP contribution in [-0.2, 0) is 9.47 Å². The van der Waals surface area contributed by atoms with Gasteiger partial charge in [-0.25, -0.2) is 4.39 Å². The highest BCUT2D eigenvalue weighted by Gasteiger charge is 2.16. The van der Waals surface area contributed by atoms with Gasteiger partial charge in [-0.15, -0.1) is 0 Å². The number of hydrogen-bond donors (Lipinski definition) is 1. The van der Waals surface area contributed by atoms with Gasteiger partial charge in [-0.3, -0.25) is 15.1 Å². The molecule has 6 heteroatoms. The maximum atomic E-state index is 13.4. The molecule has 0 saturated heterocycles. The fraction of sp³-hybridized carbons (Fsp3) is 0.130. The lowest BCUT2D eigenvalue weighted by molar-refractivity contribution is 0.0922. The number of rotatable bonds is 5. The lowest BCUT2D eigenvalue weighted by atomic mass is 10.0. The average Bonchev–Trinajstić information content (AvgIpc) is 2.75. The molecule has 2 heterocycles. The van der Waals surface area contributed by atoms with Crippen LogP contribution in [0.5, 0.6) is 0 Å². The zero-order chi connectivity index (χ0) is 20.1. The summed E-state index contributed by atoms with van der Waals surface area (Å²) in [5, 5.41) is 2.67. The Morgan fingerprint density at radius 1 is 1.21 bits per heavy atom. The van der Waals surface area contributed by atoms with Crippen LogP contribution in [0.2, 0.25) is 0 Å². The molecule has 1 aromatic carbocycles. The third-order valence-electron chi connectivity index (χ3n) is 4.50. The fourth-order valence-corrected chi connectivity index (χ4v) is 3.05. The Kier molecular flexibility index (Phi) is 5.52. The van der Waals surface area contributed by atoms with Crippen molar-refractivity contribution in [3.8, 4) is 11.3 Å². The molecule has 0 fully saturated rings. The predicted molar refractivity (Wildman–Crippen MR) is 107 cm³/mol. The highest BCUT2D eigenvalue weighted by Crippen LogP contribution is 2.24. The van der Waals surface area contributed by atoms with Gasteiger partial charge >= 0.3 is 0 Å². The number of nitrogens with zero attached hydrogens (tertiary/aromatic N) is 1. The molecule has 0 bridgehead atoms. The molecule has 0 unspecified atom stereocenters. The predicted octanol–water partition coefficient (Wildman–Crippen LogP) is 4.97. The van der Waals surface area contributed by atoms with Crippen LogP contribution >= 0.6 is 0 Å². The van der Waals surface area contributed by atoms with Gasteiger partial charge in [0.1, 0.15) is 17.8 Å². The number of allylic oxidation sites excluding steroid dienone is 4. The molecule has 5 nitrogen and oxygen atoms in total. The second-order valence-electron chi connectivity index (χ2n) is 6.67. The van der Waals surface area contributed by atoms with E-state index in [2.05, 4.69) is 22.5 Å². The van der Waals surface area contributed by atoms with Gasteiger partial charge in [0.15, 0.2) is 6.26 Å². The van der Waals surface area contributed by atoms with E-state index in [4.69, 9.17) is 9.47 Å². The van der Waals surface area contributed by atoms with Gasteiger partial charge < -0.3 is 9.47 Å². The van der Waals surface area contributed by atoms with E-state index in [0.29, 0.717) is 29.0 Å². The summed E-state index contributed by atoms with van der Waals surface area (Å²) in [6.45, 7) is 0. The van der Waals surface area contributed by atoms with Crippen molar-refractivity contribution in [1.29, 1.82) is 0 Å². The van der Waals surface area contributed by atoms with Gasteiger partial charge in [0.05, 0.1) is 11.3 Å². The lowest BCUT2D eigenvalue weighted by Crippen LogP contribution is -2.25. The number of benzene rings is 1. The molecule has 29 heavy (non-hydrogen) atoms. The van der Waals surface area contributed by atoms with E-state index in [1.165, 1.54) is 36.4 Å². The quantitative estimate of drug-likeness (QED) is 0.783. The van der Waals surface area contributed by atoms with Crippen LogP contribution in [0.25, 0.3) is 11.3 Å². The van der Waals surface area contributed by atoms with Crippen LogP contribution in [0.3, 0.4) is 0 Å². The highest BCUT2D eigenvalue weighted by molar-refractivity contribution is 5.95. The largest absolute Gasteiger partial charge is 0.464 e. The summed E-state index contributed by atoms with van der Waals surface area (Å²) < 4.78 is 24.4. The van der Waals surface area contributed by atoms with E-state index in [0.717, 1.165) is 12.8 Å². The highest BCUT2D eigenvalue weighted by atomic mass is 19.1. The minimum absolute atomic E-state index is 0.216. The van der Waals surface area contributed by atoms with Crippen molar-refractivity contribution >= 4 is 5.91 Å². The van der Waals surface area contributed by atoms with Crippen LogP contribution in [0, 0.1) is 5.82 Å². The summed E-state index contributed by atoms with van der Waals surface area (Å²) in [5.74, 6) is 0.133. The summed E-state index contributed by atoms with van der Waals surface area (Å²) in [5.41, 5.74) is 2.82. The zero-order valence-electron chi connectivity index (χ0n) is 15.6. The Hall–Kier alpha value is -3.67. The molecule has 146 valence electrons. The number of nitrogens with one attached hydrogen (secondary N) is 1. The summed E-state index contributed by atoms with van der Waals surface area (Å²) in [4.78, 5) is 16.7. The Morgan fingerprint density at radius 2 is 2.14 bits per heavy atom. The molecule has 1 aliphatic heterocycles. The average molecular weight is 390 g/mol. The molecule has 1 aromatic heterocycles. The first-order chi connectivity index (χ1) is 14.2. The number of carbonyl (C=O) groups is 1. The van der Waals surface area contributed by atoms with Crippen LogP contribution in [0.4, 0.5) is 4.39 Å². The van der Waals surface area contributed by atoms with E-state index < -0.39 is 0 Å². The molecule has 0 atom stereocenters. The minimum atomic E-state index is -0.376. The molecule has 4 rings (SSSR count). The van der Waals surface area contributed by atoms with Crippen LogP contribution in [-0.4, -0.2) is 10.9 Å². The van der Waals surface area contributed by atoms with Gasteiger partial charge in [-0.1, -0.05) is 35.9 Å². The van der Waals surface area contributed by atoms with E-state index >= 15 is 0 Å². The molecule has 0 radical (unpaired) electrons. The molecular weight excluding hydrogens is 371 g/mol. The molecule has 2 aromatic rings. The van der Waals surface area contributed by atoms with Gasteiger partial charge in [0.25, 0.3) is 5.91 Å². The van der Waals surface area contributed by atoms with Gasteiger partial charge in [-0.2, -0.15) is 0 Å². The number of carbonyl (C=O) groups excluding carboxylic acids is 1. The van der Waals surface area contributed by atoms with Crippen molar-refractivity contribution in [2.24, 2.45) is 0 Å². The normalized spacial score (nSPS) is 15.4. The third kappa shape index (κ3) is 4.79. The van der Waals surface area contributed by atoms with Crippen molar-refractivity contribution in [2.75, 3.05) is 0 Å². The Labute approximate surface area is 167 Å². The molecule has 1 amide bonds. The Bertz CT molecular complexity index is 1040. The summed E-state index contributed by atoms with van der Waals surface area (Å²) in [7, 11) is 0. The van der Waals surface area contributed by atoms with Crippen molar-refractivity contribution in [2.45, 2.75) is 19.3 Å². The first-order valence-electron chi connectivity index (χ1n) is 9.28. The molecule has 2 aliphatic rings. The molecule has 1 N–H and O–H groups in total. The van der Waals surface area contributed by atoms with Gasteiger partial charge in [0.2, 0.25) is 5.88 Å². The van der Waals surface area contributed by atoms with E-state index in [9.17, 15) is 9.18 Å². The number of hydrogen-bond acceptors (Lipinski definition) is 4. The molecule has 1 aliphatic carbocycles. The van der Waals surface area contributed by atoms with Crippen LogP contribution < -0.4 is 5.32 Å². The molecule has 0 spiro atoms. The second kappa shape index (κ2) is 8.56. The second-order valence-corrected chi connectivity index (χ2v) is 6.67. The lowest BCUT2D eigenvalue weighted by Gasteiger charge is -2.18. The van der Waals surface area contributed by atoms with E-state index in [1.54, 1.807) is 24.3 Å². The number of halogens is 1. The van der Waals surface area contributed by atoms with Crippen molar-refractivity contribution in [3.05, 3.63) is 102 Å². The molecular formula is C23H19FN2O3. The van der Waals surface area contributed by atoms with Crippen LogP contribution in [0.15, 0.2) is 90.6 Å². The van der Waals surface area contributed by atoms with Crippen LogP contribution in [0.1, 0.15) is 29.6 Å². The monoisotopic (exact) mass is 390 g/mol. The third-order valence-corrected chi connectivity index (χ3v) is 4.50. The van der Waals surface area contributed by atoms with Crippen molar-refractivity contribution < 1.29 is 18.7 Å². The minimum Gasteiger partial charge on any atom is -0.464 e. The van der Waals surface area contributed by atoms with Gasteiger partial charge in [0, 0.05) is 18.2 Å². The van der Waals surface area contributed by atoms with E-state index in [1.807, 2.05) is 6.08 Å². The van der Waals surface area contributed by atoms with E-state index in [-0.39, 0.29) is 17.6 Å². The SMILES string of the molecule is O=C(NC1=COC=C(CC2=CC=CCC2)O1)c1ccc(-c2cccc(F)c2)nc1. The maximum Gasteiger partial charge on any atom is 0.259 e. The standard InChI is InChI=1S/C23H19FN2O3/c24-19-8-4-7-17(12-19)21-10-9-18(13-25-21)23(27)26-22-15-28-14-20(29-22)11-16-5-2-1-3-6-16/h1-2,4-5,7-10,12-15H,3,6,11H2,(H,26,27). The summed E-state index contributed by atoms with van der Waals surface area (Å²) >= 11 is 0. The first kappa shape index (κ1) is 18.7. The summed E-state index contributed by atoms with van der Waals surface area (Å²) in [6, 6.07) is 9.44. The summed E-state index contributed by atoms with van der Waals surface area (Å²) in [6.07, 6.45) is 13.1. The first-order valence-corrected chi connectivity index (χ1v) is 9.28.